The number of benzene rings is 2. The van der Waals surface area contributed by atoms with Gasteiger partial charge in [-0.15, -0.1) is 0 Å². The largest absolute Gasteiger partial charge is 0.504 e. The molecule has 0 bridgehead atoms. The maximum atomic E-state index is 10.8. The van der Waals surface area contributed by atoms with Crippen molar-refractivity contribution in [1.82, 2.24) is 0 Å². The molecular formula is C19H22O7. The summed E-state index contributed by atoms with van der Waals surface area (Å²) >= 11 is 0. The molecule has 3 unspecified atom stereocenters. The Bertz CT molecular complexity index is 790. The lowest BCUT2D eigenvalue weighted by atomic mass is 9.91. The first-order valence-corrected chi connectivity index (χ1v) is 8.05. The van der Waals surface area contributed by atoms with E-state index in [0.29, 0.717) is 28.4 Å². The molecule has 26 heavy (non-hydrogen) atoms. The summed E-state index contributed by atoms with van der Waals surface area (Å²) in [5.74, 6) is 1.68. The lowest BCUT2D eigenvalue weighted by Crippen LogP contribution is -2.35. The summed E-state index contributed by atoms with van der Waals surface area (Å²) in [6, 6.07) is 8.29. The van der Waals surface area contributed by atoms with Crippen LogP contribution in [0.5, 0.6) is 28.7 Å². The van der Waals surface area contributed by atoms with Crippen molar-refractivity contribution in [2.75, 3.05) is 28.4 Å². The zero-order valence-corrected chi connectivity index (χ0v) is 15.1. The molecule has 2 N–H and O–H groups in total. The third-order valence-corrected chi connectivity index (χ3v) is 4.49. The van der Waals surface area contributed by atoms with Crippen molar-refractivity contribution >= 4 is 0 Å². The number of phenolic OH excluding ortho intramolecular Hbond substituents is 1. The summed E-state index contributed by atoms with van der Waals surface area (Å²) in [7, 11) is 6.04. The Labute approximate surface area is 151 Å². The lowest BCUT2D eigenvalue weighted by Gasteiger charge is -2.37. The molecule has 1 aliphatic heterocycles. The van der Waals surface area contributed by atoms with Crippen LogP contribution in [-0.4, -0.2) is 44.8 Å². The van der Waals surface area contributed by atoms with Gasteiger partial charge in [0.15, 0.2) is 29.1 Å². The smallest absolute Gasteiger partial charge is 0.203 e. The highest BCUT2D eigenvalue weighted by Gasteiger charge is 2.41. The van der Waals surface area contributed by atoms with Crippen molar-refractivity contribution in [3.63, 3.8) is 0 Å². The average Bonchev–Trinajstić information content (AvgIpc) is 2.67. The van der Waals surface area contributed by atoms with Crippen LogP contribution in [0.4, 0.5) is 0 Å². The SMILES string of the molecule is COc1cc(C2Oc3c(ccc(OC)c3OC)C(OC)C2O)ccc1O. The van der Waals surface area contributed by atoms with Gasteiger partial charge in [0.2, 0.25) is 5.75 Å². The molecule has 140 valence electrons. The van der Waals surface area contributed by atoms with Crippen LogP contribution in [0.2, 0.25) is 0 Å². The molecular weight excluding hydrogens is 340 g/mol. The van der Waals surface area contributed by atoms with Crippen LogP contribution in [0.1, 0.15) is 23.3 Å². The average molecular weight is 362 g/mol. The summed E-state index contributed by atoms with van der Waals surface area (Å²) in [5, 5.41) is 20.6. The molecule has 0 saturated heterocycles. The Morgan fingerprint density at radius 1 is 0.923 bits per heavy atom. The predicted molar refractivity (Wildman–Crippen MR) is 93.3 cm³/mol. The fourth-order valence-electron chi connectivity index (χ4n) is 3.20. The van der Waals surface area contributed by atoms with E-state index < -0.39 is 18.3 Å². The number of phenols is 1. The van der Waals surface area contributed by atoms with E-state index in [1.165, 1.54) is 34.5 Å². The summed E-state index contributed by atoms with van der Waals surface area (Å²) in [5.41, 5.74) is 1.30. The predicted octanol–water partition coefficient (Wildman–Crippen LogP) is 2.60. The van der Waals surface area contributed by atoms with E-state index in [9.17, 15) is 10.2 Å². The third kappa shape index (κ3) is 2.89. The second kappa shape index (κ2) is 7.31. The zero-order chi connectivity index (χ0) is 18.8. The first-order valence-electron chi connectivity index (χ1n) is 8.05. The number of methoxy groups -OCH3 is 4. The summed E-state index contributed by atoms with van der Waals surface area (Å²) in [6.45, 7) is 0. The van der Waals surface area contributed by atoms with Crippen molar-refractivity contribution in [1.29, 1.82) is 0 Å². The van der Waals surface area contributed by atoms with Gasteiger partial charge in [0.05, 0.1) is 21.3 Å². The number of aliphatic hydroxyl groups is 1. The van der Waals surface area contributed by atoms with Crippen LogP contribution in [0.25, 0.3) is 0 Å². The molecule has 7 heteroatoms. The molecule has 3 atom stereocenters. The highest BCUT2D eigenvalue weighted by atomic mass is 16.6. The van der Waals surface area contributed by atoms with Crippen molar-refractivity contribution in [3.8, 4) is 28.7 Å². The highest BCUT2D eigenvalue weighted by molar-refractivity contribution is 5.58. The molecule has 0 aliphatic carbocycles. The normalized spacial score (nSPS) is 21.5. The molecule has 0 fully saturated rings. The van der Waals surface area contributed by atoms with E-state index in [1.54, 1.807) is 24.3 Å². The van der Waals surface area contributed by atoms with Crippen LogP contribution in [0, 0.1) is 0 Å². The molecule has 0 aromatic heterocycles. The minimum Gasteiger partial charge on any atom is -0.504 e. The number of aromatic hydroxyl groups is 1. The van der Waals surface area contributed by atoms with E-state index in [1.807, 2.05) is 0 Å². The van der Waals surface area contributed by atoms with Crippen LogP contribution in [-0.2, 0) is 4.74 Å². The van der Waals surface area contributed by atoms with Gasteiger partial charge in [-0.25, -0.2) is 0 Å². The van der Waals surface area contributed by atoms with Gasteiger partial charge in [-0.1, -0.05) is 6.07 Å². The Kier molecular flexibility index (Phi) is 5.11. The second-order valence-electron chi connectivity index (χ2n) is 5.84. The van der Waals surface area contributed by atoms with E-state index in [4.69, 9.17) is 23.7 Å². The number of ether oxygens (including phenoxy) is 5. The van der Waals surface area contributed by atoms with E-state index in [2.05, 4.69) is 0 Å². The molecule has 0 spiro atoms. The van der Waals surface area contributed by atoms with Crippen LogP contribution in [0.15, 0.2) is 30.3 Å². The molecule has 0 radical (unpaired) electrons. The molecule has 7 nitrogen and oxygen atoms in total. The van der Waals surface area contributed by atoms with Gasteiger partial charge in [0.25, 0.3) is 0 Å². The summed E-state index contributed by atoms with van der Waals surface area (Å²) in [6.07, 6.45) is -2.34. The number of fused-ring (bicyclic) bond motifs is 1. The van der Waals surface area contributed by atoms with Crippen molar-refractivity contribution < 1.29 is 33.9 Å². The molecule has 3 rings (SSSR count). The van der Waals surface area contributed by atoms with Gasteiger partial charge in [-0.2, -0.15) is 0 Å². The van der Waals surface area contributed by atoms with E-state index >= 15 is 0 Å². The Balaban J connectivity index is 2.11. The standard InChI is InChI=1S/C19H22O7/c1-22-13-8-6-11-17(24-3)15(21)16(26-18(11)19(13)25-4)10-5-7-12(20)14(9-10)23-2/h5-9,15-17,20-21H,1-4H3. The second-order valence-corrected chi connectivity index (χ2v) is 5.84. The Hall–Kier alpha value is -2.64. The molecule has 1 aliphatic rings. The lowest BCUT2D eigenvalue weighted by molar-refractivity contribution is -0.0878. The van der Waals surface area contributed by atoms with Crippen LogP contribution >= 0.6 is 0 Å². The number of hydrogen-bond acceptors (Lipinski definition) is 7. The minimum atomic E-state index is -0.972. The third-order valence-electron chi connectivity index (χ3n) is 4.49. The Morgan fingerprint density at radius 3 is 2.27 bits per heavy atom. The van der Waals surface area contributed by atoms with Gasteiger partial charge in [-0.05, 0) is 29.8 Å². The van der Waals surface area contributed by atoms with Gasteiger partial charge < -0.3 is 33.9 Å². The fraction of sp³-hybridized carbons (Fsp3) is 0.368. The van der Waals surface area contributed by atoms with E-state index in [0.717, 1.165) is 0 Å². The highest BCUT2D eigenvalue weighted by Crippen LogP contribution is 2.50. The van der Waals surface area contributed by atoms with Crippen LogP contribution in [0.3, 0.4) is 0 Å². The fourth-order valence-corrected chi connectivity index (χ4v) is 3.20. The van der Waals surface area contributed by atoms with Crippen LogP contribution < -0.4 is 18.9 Å². The van der Waals surface area contributed by atoms with E-state index in [-0.39, 0.29) is 11.5 Å². The zero-order valence-electron chi connectivity index (χ0n) is 15.1. The molecule has 2 aromatic rings. The minimum absolute atomic E-state index is 0.00416. The molecule has 0 saturated carbocycles. The topological polar surface area (TPSA) is 86.6 Å². The number of hydrogen-bond donors (Lipinski definition) is 2. The quantitative estimate of drug-likeness (QED) is 0.845. The Morgan fingerprint density at radius 2 is 1.65 bits per heavy atom. The molecule has 2 aromatic carbocycles. The molecule has 1 heterocycles. The maximum absolute atomic E-state index is 10.8. The first-order chi connectivity index (χ1) is 12.5. The van der Waals surface area contributed by atoms with Gasteiger partial charge in [-0.3, -0.25) is 0 Å². The number of rotatable bonds is 5. The van der Waals surface area contributed by atoms with Gasteiger partial charge in [0.1, 0.15) is 12.2 Å². The first kappa shape index (κ1) is 18.2. The summed E-state index contributed by atoms with van der Waals surface area (Å²) < 4.78 is 27.6. The summed E-state index contributed by atoms with van der Waals surface area (Å²) in [4.78, 5) is 0. The van der Waals surface area contributed by atoms with Crippen molar-refractivity contribution in [3.05, 3.63) is 41.5 Å². The van der Waals surface area contributed by atoms with Gasteiger partial charge in [0, 0.05) is 12.7 Å². The van der Waals surface area contributed by atoms with Crippen molar-refractivity contribution in [2.24, 2.45) is 0 Å². The monoisotopic (exact) mass is 362 g/mol. The maximum Gasteiger partial charge on any atom is 0.203 e. The van der Waals surface area contributed by atoms with Gasteiger partial charge >= 0.3 is 0 Å². The van der Waals surface area contributed by atoms with Crippen molar-refractivity contribution in [2.45, 2.75) is 18.3 Å². The number of aliphatic hydroxyl groups excluding tert-OH is 1. The molecule has 0 amide bonds.